The highest BCUT2D eigenvalue weighted by Gasteiger charge is 2.26. The smallest absolute Gasteiger partial charge is 0.326 e. The Bertz CT molecular complexity index is 925. The quantitative estimate of drug-likeness (QED) is 0.327. The normalized spacial score (nSPS) is 12.7. The first-order chi connectivity index (χ1) is 12.3. The number of carboxylic acids is 1. The summed E-state index contributed by atoms with van der Waals surface area (Å²) in [6, 6.07) is 12.0. The molecule has 0 aliphatic carbocycles. The first kappa shape index (κ1) is 19.3. The van der Waals surface area contributed by atoms with E-state index in [9.17, 15) is 23.1 Å². The molecule has 0 heterocycles. The molecule has 4 N–H and O–H groups in total. The van der Waals surface area contributed by atoms with E-state index in [1.165, 1.54) is 41.9 Å². The largest absolute Gasteiger partial charge is 0.480 e. The number of sulfonamides is 1. The van der Waals surface area contributed by atoms with Crippen molar-refractivity contribution in [1.29, 1.82) is 0 Å². The average Bonchev–Trinajstić information content (AvgIpc) is 2.65. The van der Waals surface area contributed by atoms with Crippen molar-refractivity contribution in [3.63, 3.8) is 0 Å². The second-order valence-corrected chi connectivity index (χ2v) is 6.90. The summed E-state index contributed by atoms with van der Waals surface area (Å²) in [5, 5.41) is 17.8. The minimum absolute atomic E-state index is 0.161. The Morgan fingerprint density at radius 3 is 2.35 bits per heavy atom. The number of carbonyl (C=O) groups is 2. The van der Waals surface area contributed by atoms with Crippen LogP contribution in [-0.2, 0) is 19.6 Å². The van der Waals surface area contributed by atoms with Crippen molar-refractivity contribution in [1.82, 2.24) is 10.2 Å². The van der Waals surface area contributed by atoms with E-state index in [-0.39, 0.29) is 4.90 Å². The molecule has 9 heteroatoms. The van der Waals surface area contributed by atoms with Gasteiger partial charge in [0.05, 0.1) is 4.90 Å². The Hall–Kier alpha value is -3.01. The van der Waals surface area contributed by atoms with Gasteiger partial charge in [-0.2, -0.15) is 4.72 Å². The Balaban J connectivity index is 2.30. The van der Waals surface area contributed by atoms with Gasteiger partial charge in [0, 0.05) is 6.08 Å². The van der Waals surface area contributed by atoms with E-state index in [0.717, 1.165) is 6.08 Å². The number of hydrogen-bond acceptors (Lipinski definition) is 5. The molecule has 0 bridgehead atoms. The fourth-order valence-electron chi connectivity index (χ4n) is 2.12. The molecular weight excluding hydrogens is 360 g/mol. The first-order valence-electron chi connectivity index (χ1n) is 7.36. The highest BCUT2D eigenvalue weighted by Crippen LogP contribution is 2.19. The summed E-state index contributed by atoms with van der Waals surface area (Å²) >= 11 is 0. The highest BCUT2D eigenvalue weighted by atomic mass is 32.2. The maximum Gasteiger partial charge on any atom is 0.326 e. The molecule has 0 unspecified atom stereocenters. The molecule has 0 aromatic heterocycles. The van der Waals surface area contributed by atoms with Crippen molar-refractivity contribution in [2.75, 3.05) is 0 Å². The molecule has 2 rings (SSSR count). The zero-order chi connectivity index (χ0) is 19.2. The summed E-state index contributed by atoms with van der Waals surface area (Å²) in [6.07, 6.45) is 2.32. The monoisotopic (exact) mass is 376 g/mol. The molecule has 0 radical (unpaired) electrons. The lowest BCUT2D eigenvalue weighted by Crippen LogP contribution is -2.33. The molecular formula is C17H16N2O6S. The molecule has 2 aromatic rings. The van der Waals surface area contributed by atoms with Crippen molar-refractivity contribution in [2.45, 2.75) is 10.9 Å². The van der Waals surface area contributed by atoms with Gasteiger partial charge in [-0.1, -0.05) is 42.5 Å². The third-order valence-corrected chi connectivity index (χ3v) is 4.78. The van der Waals surface area contributed by atoms with Crippen LogP contribution >= 0.6 is 0 Å². The predicted molar refractivity (Wildman–Crippen MR) is 92.5 cm³/mol. The average molecular weight is 376 g/mol. The van der Waals surface area contributed by atoms with E-state index >= 15 is 0 Å². The standard InChI is InChI=1S/C17H16N2O6S/c20-15(18-23)10-9-12-5-4-8-14(11-12)26(24,25)19-16(17(21)22)13-6-2-1-3-7-13/h1-11,16,19,23H,(H,18,20)(H,21,22)/b10-9+/t16-/m0/s1. The van der Waals surface area contributed by atoms with Crippen LogP contribution in [0.3, 0.4) is 0 Å². The second kappa shape index (κ2) is 8.39. The summed E-state index contributed by atoms with van der Waals surface area (Å²) in [5.41, 5.74) is 2.08. The van der Waals surface area contributed by atoms with Gasteiger partial charge in [-0.25, -0.2) is 13.9 Å². The third kappa shape index (κ3) is 4.99. The zero-order valence-electron chi connectivity index (χ0n) is 13.4. The minimum Gasteiger partial charge on any atom is -0.480 e. The topological polar surface area (TPSA) is 133 Å². The number of carbonyl (C=O) groups excluding carboxylic acids is 1. The molecule has 1 atom stereocenters. The summed E-state index contributed by atoms with van der Waals surface area (Å²) in [7, 11) is -4.13. The molecule has 1 amide bonds. The van der Waals surface area contributed by atoms with E-state index in [2.05, 4.69) is 4.72 Å². The van der Waals surface area contributed by atoms with Crippen molar-refractivity contribution < 1.29 is 28.3 Å². The molecule has 0 aliphatic rings. The summed E-state index contributed by atoms with van der Waals surface area (Å²) in [6.45, 7) is 0. The Morgan fingerprint density at radius 2 is 1.73 bits per heavy atom. The second-order valence-electron chi connectivity index (χ2n) is 5.19. The van der Waals surface area contributed by atoms with E-state index in [0.29, 0.717) is 11.1 Å². The lowest BCUT2D eigenvalue weighted by atomic mass is 10.1. The van der Waals surface area contributed by atoms with E-state index < -0.39 is 27.9 Å². The molecule has 136 valence electrons. The van der Waals surface area contributed by atoms with E-state index in [1.54, 1.807) is 24.3 Å². The predicted octanol–water partition coefficient (Wildman–Crippen LogP) is 1.31. The third-order valence-electron chi connectivity index (χ3n) is 3.36. The van der Waals surface area contributed by atoms with Crippen LogP contribution in [0.25, 0.3) is 6.08 Å². The van der Waals surface area contributed by atoms with Crippen LogP contribution in [0.2, 0.25) is 0 Å². The van der Waals surface area contributed by atoms with Gasteiger partial charge in [-0.3, -0.25) is 14.8 Å². The van der Waals surface area contributed by atoms with E-state index in [4.69, 9.17) is 5.21 Å². The molecule has 0 saturated heterocycles. The minimum atomic E-state index is -4.13. The Morgan fingerprint density at radius 1 is 1.04 bits per heavy atom. The maximum absolute atomic E-state index is 12.5. The van der Waals surface area contributed by atoms with Gasteiger partial charge in [0.2, 0.25) is 10.0 Å². The van der Waals surface area contributed by atoms with Crippen LogP contribution in [0.4, 0.5) is 0 Å². The number of nitrogens with one attached hydrogen (secondary N) is 2. The summed E-state index contributed by atoms with van der Waals surface area (Å²) < 4.78 is 27.3. The Kier molecular flexibility index (Phi) is 6.23. The van der Waals surface area contributed by atoms with E-state index in [1.807, 2.05) is 0 Å². The van der Waals surface area contributed by atoms with Crippen molar-refractivity contribution in [3.8, 4) is 0 Å². The van der Waals surface area contributed by atoms with Crippen molar-refractivity contribution in [3.05, 3.63) is 71.8 Å². The van der Waals surface area contributed by atoms with Gasteiger partial charge in [0.1, 0.15) is 6.04 Å². The van der Waals surface area contributed by atoms with Crippen molar-refractivity contribution in [2.24, 2.45) is 0 Å². The molecule has 2 aromatic carbocycles. The lowest BCUT2D eigenvalue weighted by Gasteiger charge is -2.15. The highest BCUT2D eigenvalue weighted by molar-refractivity contribution is 7.89. The molecule has 0 fully saturated rings. The van der Waals surface area contributed by atoms with Gasteiger partial charge < -0.3 is 5.11 Å². The number of benzene rings is 2. The molecule has 26 heavy (non-hydrogen) atoms. The number of hydroxylamine groups is 1. The van der Waals surface area contributed by atoms with Crippen LogP contribution < -0.4 is 10.2 Å². The van der Waals surface area contributed by atoms with Crippen LogP contribution in [0.1, 0.15) is 17.2 Å². The van der Waals surface area contributed by atoms with Gasteiger partial charge in [-0.05, 0) is 29.3 Å². The van der Waals surface area contributed by atoms with Gasteiger partial charge in [0.25, 0.3) is 5.91 Å². The van der Waals surface area contributed by atoms with Crippen LogP contribution in [0, 0.1) is 0 Å². The SMILES string of the molecule is O=C(/C=C/c1cccc(S(=O)(=O)N[C@H](C(=O)O)c2ccccc2)c1)NO. The molecule has 0 saturated carbocycles. The Labute approximate surface area is 149 Å². The fraction of sp³-hybridized carbons (Fsp3) is 0.0588. The lowest BCUT2D eigenvalue weighted by molar-refractivity contribution is -0.139. The fourth-order valence-corrected chi connectivity index (χ4v) is 3.36. The molecule has 0 spiro atoms. The van der Waals surface area contributed by atoms with Crippen LogP contribution in [0.15, 0.2) is 65.6 Å². The van der Waals surface area contributed by atoms with Gasteiger partial charge in [0.15, 0.2) is 0 Å². The number of aliphatic carboxylic acids is 1. The molecule has 8 nitrogen and oxygen atoms in total. The van der Waals surface area contributed by atoms with Gasteiger partial charge >= 0.3 is 5.97 Å². The van der Waals surface area contributed by atoms with Crippen molar-refractivity contribution >= 4 is 28.0 Å². The number of amides is 1. The zero-order valence-corrected chi connectivity index (χ0v) is 14.2. The number of carboxylic acid groups (broad SMARTS) is 1. The van der Waals surface area contributed by atoms with Gasteiger partial charge in [-0.15, -0.1) is 0 Å². The van der Waals surface area contributed by atoms with Crippen LogP contribution in [0.5, 0.6) is 0 Å². The maximum atomic E-state index is 12.5. The van der Waals surface area contributed by atoms with Crippen LogP contribution in [-0.4, -0.2) is 30.6 Å². The number of rotatable bonds is 7. The summed E-state index contributed by atoms with van der Waals surface area (Å²) in [5.74, 6) is -2.11. The molecule has 0 aliphatic heterocycles. The number of hydrogen-bond donors (Lipinski definition) is 4. The summed E-state index contributed by atoms with van der Waals surface area (Å²) in [4.78, 5) is 22.3. The first-order valence-corrected chi connectivity index (χ1v) is 8.84.